The number of nitrogens with one attached hydrogen (secondary N) is 1. The fourth-order valence-electron chi connectivity index (χ4n) is 2.95. The molecule has 2 aliphatic carbocycles. The number of carboxylic acid groups (broad SMARTS) is 1. The van der Waals surface area contributed by atoms with Crippen molar-refractivity contribution in [1.82, 2.24) is 5.32 Å². The molecule has 0 aromatic carbocycles. The molecule has 3 nitrogen and oxygen atoms in total. The van der Waals surface area contributed by atoms with Crippen molar-refractivity contribution in [2.75, 3.05) is 13.1 Å². The second kappa shape index (κ2) is 5.67. The number of carboxylic acids is 1. The first kappa shape index (κ1) is 11.9. The minimum absolute atomic E-state index is 0.0948. The van der Waals surface area contributed by atoms with E-state index in [-0.39, 0.29) is 5.92 Å². The molecule has 0 aliphatic heterocycles. The largest absolute Gasteiger partial charge is 0.481 e. The lowest BCUT2D eigenvalue weighted by atomic mass is 9.79. The summed E-state index contributed by atoms with van der Waals surface area (Å²) in [5.74, 6) is 0.552. The highest BCUT2D eigenvalue weighted by Crippen LogP contribution is 2.30. The van der Waals surface area contributed by atoms with Gasteiger partial charge >= 0.3 is 5.97 Å². The molecule has 2 aliphatic rings. The van der Waals surface area contributed by atoms with Gasteiger partial charge in [0.2, 0.25) is 0 Å². The lowest BCUT2D eigenvalue weighted by molar-refractivity contribution is -0.144. The summed E-state index contributed by atoms with van der Waals surface area (Å²) in [5, 5.41) is 12.6. The Morgan fingerprint density at radius 3 is 2.44 bits per heavy atom. The first-order valence-electron chi connectivity index (χ1n) is 6.71. The molecule has 2 fully saturated rings. The van der Waals surface area contributed by atoms with Gasteiger partial charge in [0.05, 0.1) is 5.92 Å². The summed E-state index contributed by atoms with van der Waals surface area (Å²) in [6.07, 6.45) is 8.38. The van der Waals surface area contributed by atoms with E-state index in [2.05, 4.69) is 5.32 Å². The number of hydrogen-bond acceptors (Lipinski definition) is 2. The Kier molecular flexibility index (Phi) is 4.22. The van der Waals surface area contributed by atoms with Crippen LogP contribution < -0.4 is 5.32 Å². The first-order chi connectivity index (χ1) is 7.77. The average molecular weight is 225 g/mol. The zero-order valence-electron chi connectivity index (χ0n) is 9.95. The molecular weight excluding hydrogens is 202 g/mol. The van der Waals surface area contributed by atoms with Crippen LogP contribution in [0, 0.1) is 17.8 Å². The molecule has 16 heavy (non-hydrogen) atoms. The third-order valence-electron chi connectivity index (χ3n) is 4.29. The zero-order chi connectivity index (χ0) is 11.4. The van der Waals surface area contributed by atoms with Crippen molar-refractivity contribution in [3.8, 4) is 0 Å². The maximum Gasteiger partial charge on any atom is 0.306 e. The predicted molar refractivity (Wildman–Crippen MR) is 63.3 cm³/mol. The molecule has 0 saturated heterocycles. The summed E-state index contributed by atoms with van der Waals surface area (Å²) in [7, 11) is 0. The Morgan fingerprint density at radius 2 is 1.81 bits per heavy atom. The topological polar surface area (TPSA) is 49.3 Å². The summed E-state index contributed by atoms with van der Waals surface area (Å²) < 4.78 is 0. The SMILES string of the molecule is O=C(O)C1CCCCC1CNCC1CCC1. The van der Waals surface area contributed by atoms with Crippen molar-refractivity contribution < 1.29 is 9.90 Å². The van der Waals surface area contributed by atoms with Crippen LogP contribution in [-0.2, 0) is 4.79 Å². The molecule has 0 amide bonds. The van der Waals surface area contributed by atoms with Crippen LogP contribution in [0.25, 0.3) is 0 Å². The Balaban J connectivity index is 1.70. The first-order valence-corrected chi connectivity index (χ1v) is 6.71. The van der Waals surface area contributed by atoms with E-state index < -0.39 is 5.97 Å². The zero-order valence-corrected chi connectivity index (χ0v) is 9.95. The van der Waals surface area contributed by atoms with Crippen LogP contribution in [0.1, 0.15) is 44.9 Å². The van der Waals surface area contributed by atoms with Gasteiger partial charge in [-0.2, -0.15) is 0 Å². The number of rotatable bonds is 5. The fraction of sp³-hybridized carbons (Fsp3) is 0.923. The van der Waals surface area contributed by atoms with Crippen LogP contribution in [0.15, 0.2) is 0 Å². The highest BCUT2D eigenvalue weighted by molar-refractivity contribution is 5.70. The Bertz CT molecular complexity index is 238. The third-order valence-corrected chi connectivity index (χ3v) is 4.29. The van der Waals surface area contributed by atoms with Gasteiger partial charge < -0.3 is 10.4 Å². The molecule has 2 N–H and O–H groups in total. The smallest absolute Gasteiger partial charge is 0.306 e. The Hall–Kier alpha value is -0.570. The second-order valence-corrected chi connectivity index (χ2v) is 5.44. The van der Waals surface area contributed by atoms with E-state index in [9.17, 15) is 4.79 Å². The Labute approximate surface area is 97.6 Å². The summed E-state index contributed by atoms with van der Waals surface area (Å²) in [6, 6.07) is 0. The van der Waals surface area contributed by atoms with Crippen LogP contribution in [0.3, 0.4) is 0 Å². The molecule has 0 heterocycles. The lowest BCUT2D eigenvalue weighted by Crippen LogP contribution is -2.37. The minimum atomic E-state index is -0.588. The van der Waals surface area contributed by atoms with Crippen molar-refractivity contribution >= 4 is 5.97 Å². The molecule has 2 unspecified atom stereocenters. The molecule has 0 bridgehead atoms. The van der Waals surface area contributed by atoms with Gasteiger partial charge in [0, 0.05) is 0 Å². The van der Waals surface area contributed by atoms with Crippen LogP contribution >= 0.6 is 0 Å². The van der Waals surface area contributed by atoms with E-state index in [4.69, 9.17) is 5.11 Å². The van der Waals surface area contributed by atoms with Gasteiger partial charge in [-0.3, -0.25) is 4.79 Å². The molecule has 2 saturated carbocycles. The van der Waals surface area contributed by atoms with Crippen LogP contribution in [0.5, 0.6) is 0 Å². The predicted octanol–water partition coefficient (Wildman–Crippen LogP) is 2.27. The highest BCUT2D eigenvalue weighted by atomic mass is 16.4. The molecular formula is C13H23NO2. The quantitative estimate of drug-likeness (QED) is 0.754. The van der Waals surface area contributed by atoms with Gasteiger partial charge in [-0.25, -0.2) is 0 Å². The molecule has 0 aromatic heterocycles. The average Bonchev–Trinajstić information content (AvgIpc) is 2.22. The summed E-state index contributed by atoms with van der Waals surface area (Å²) in [4.78, 5) is 11.1. The van der Waals surface area contributed by atoms with Gasteiger partial charge in [0.1, 0.15) is 0 Å². The van der Waals surface area contributed by atoms with Gasteiger partial charge in [0.25, 0.3) is 0 Å². The van der Waals surface area contributed by atoms with E-state index in [0.717, 1.165) is 38.3 Å². The van der Waals surface area contributed by atoms with E-state index in [1.807, 2.05) is 0 Å². The summed E-state index contributed by atoms with van der Waals surface area (Å²) in [5.41, 5.74) is 0. The molecule has 92 valence electrons. The molecule has 0 spiro atoms. The van der Waals surface area contributed by atoms with Crippen molar-refractivity contribution in [2.45, 2.75) is 44.9 Å². The van der Waals surface area contributed by atoms with Gasteiger partial charge in [-0.1, -0.05) is 19.3 Å². The van der Waals surface area contributed by atoms with Gasteiger partial charge in [0.15, 0.2) is 0 Å². The summed E-state index contributed by atoms with van der Waals surface area (Å²) in [6.45, 7) is 2.01. The van der Waals surface area contributed by atoms with Crippen LogP contribution in [0.2, 0.25) is 0 Å². The second-order valence-electron chi connectivity index (χ2n) is 5.44. The van der Waals surface area contributed by atoms with Crippen molar-refractivity contribution in [1.29, 1.82) is 0 Å². The standard InChI is InChI=1S/C13H23NO2/c15-13(16)12-7-2-1-6-11(12)9-14-8-10-4-3-5-10/h10-12,14H,1-9H2,(H,15,16). The normalized spacial score (nSPS) is 31.0. The number of hydrogen-bond donors (Lipinski definition) is 2. The van der Waals surface area contributed by atoms with E-state index in [0.29, 0.717) is 5.92 Å². The van der Waals surface area contributed by atoms with Crippen LogP contribution in [0.4, 0.5) is 0 Å². The van der Waals surface area contributed by atoms with Crippen molar-refractivity contribution in [3.05, 3.63) is 0 Å². The Morgan fingerprint density at radius 1 is 1.06 bits per heavy atom. The van der Waals surface area contributed by atoms with E-state index >= 15 is 0 Å². The van der Waals surface area contributed by atoms with E-state index in [1.165, 1.54) is 25.7 Å². The maximum absolute atomic E-state index is 11.1. The fourth-order valence-corrected chi connectivity index (χ4v) is 2.95. The maximum atomic E-state index is 11.1. The van der Waals surface area contributed by atoms with Gasteiger partial charge in [-0.15, -0.1) is 0 Å². The minimum Gasteiger partial charge on any atom is -0.481 e. The van der Waals surface area contributed by atoms with Gasteiger partial charge in [-0.05, 0) is 50.6 Å². The molecule has 0 aromatic rings. The molecule has 0 radical (unpaired) electrons. The van der Waals surface area contributed by atoms with Crippen molar-refractivity contribution in [3.63, 3.8) is 0 Å². The molecule has 2 atom stereocenters. The lowest BCUT2D eigenvalue weighted by Gasteiger charge is -2.31. The molecule has 2 rings (SSSR count). The molecule has 3 heteroatoms. The third kappa shape index (κ3) is 2.97. The van der Waals surface area contributed by atoms with E-state index in [1.54, 1.807) is 0 Å². The monoisotopic (exact) mass is 225 g/mol. The van der Waals surface area contributed by atoms with Crippen LogP contribution in [-0.4, -0.2) is 24.2 Å². The van der Waals surface area contributed by atoms with Crippen molar-refractivity contribution in [2.24, 2.45) is 17.8 Å². The number of aliphatic carboxylic acids is 1. The summed E-state index contributed by atoms with van der Waals surface area (Å²) >= 11 is 0. The highest BCUT2D eigenvalue weighted by Gasteiger charge is 2.30. The number of carbonyl (C=O) groups is 1.